The number of nitrogens with one attached hydrogen (secondary N) is 3. The van der Waals surface area contributed by atoms with E-state index in [0.717, 1.165) is 27.6 Å². The zero-order valence-electron chi connectivity index (χ0n) is 18.3. The Labute approximate surface area is 193 Å². The molecule has 0 aliphatic rings. The molecule has 0 bridgehead atoms. The number of hydrogen-bond acceptors (Lipinski definition) is 3. The van der Waals surface area contributed by atoms with Gasteiger partial charge in [0.15, 0.2) is 0 Å². The number of aromatic amines is 1. The van der Waals surface area contributed by atoms with Crippen molar-refractivity contribution in [2.24, 2.45) is 0 Å². The zero-order valence-corrected chi connectivity index (χ0v) is 18.3. The maximum atomic E-state index is 13.0. The molecule has 4 rings (SSSR count). The van der Waals surface area contributed by atoms with E-state index in [1.165, 1.54) is 0 Å². The summed E-state index contributed by atoms with van der Waals surface area (Å²) in [4.78, 5) is 28.7. The van der Waals surface area contributed by atoms with Crippen molar-refractivity contribution in [3.63, 3.8) is 0 Å². The van der Waals surface area contributed by atoms with Crippen LogP contribution in [0.4, 0.5) is 4.79 Å². The third kappa shape index (κ3) is 6.23. The summed E-state index contributed by atoms with van der Waals surface area (Å²) in [6.07, 6.45) is 2.32. The summed E-state index contributed by atoms with van der Waals surface area (Å²) < 4.78 is 5.35. The minimum absolute atomic E-state index is 0.141. The first-order chi connectivity index (χ1) is 16.2. The van der Waals surface area contributed by atoms with E-state index in [4.69, 9.17) is 4.74 Å². The molecule has 4 aromatic rings. The fourth-order valence-corrected chi connectivity index (χ4v) is 3.73. The van der Waals surface area contributed by atoms with Crippen molar-refractivity contribution in [3.05, 3.63) is 108 Å². The normalized spacial score (nSPS) is 11.6. The fourth-order valence-electron chi connectivity index (χ4n) is 3.73. The van der Waals surface area contributed by atoms with Gasteiger partial charge in [0, 0.05) is 30.1 Å². The van der Waals surface area contributed by atoms with Crippen LogP contribution in [0.3, 0.4) is 0 Å². The topological polar surface area (TPSA) is 83.2 Å². The molecule has 1 atom stereocenters. The van der Waals surface area contributed by atoms with Gasteiger partial charge < -0.3 is 20.4 Å². The highest BCUT2D eigenvalue weighted by molar-refractivity contribution is 5.88. The van der Waals surface area contributed by atoms with Gasteiger partial charge in [-0.3, -0.25) is 4.79 Å². The summed E-state index contributed by atoms with van der Waals surface area (Å²) in [5.74, 6) is -0.243. The Morgan fingerprint density at radius 3 is 2.27 bits per heavy atom. The van der Waals surface area contributed by atoms with E-state index in [1.807, 2.05) is 91.1 Å². The summed E-state index contributed by atoms with van der Waals surface area (Å²) in [7, 11) is 0. The second-order valence-corrected chi connectivity index (χ2v) is 7.85. The Kier molecular flexibility index (Phi) is 7.38. The van der Waals surface area contributed by atoms with Crippen molar-refractivity contribution in [1.29, 1.82) is 0 Å². The van der Waals surface area contributed by atoms with Crippen LogP contribution in [-0.4, -0.2) is 29.6 Å². The number of amides is 2. The average Bonchev–Trinajstić information content (AvgIpc) is 3.26. The number of aromatic nitrogens is 1. The van der Waals surface area contributed by atoms with Crippen molar-refractivity contribution in [2.75, 3.05) is 6.54 Å². The van der Waals surface area contributed by atoms with Gasteiger partial charge >= 0.3 is 6.09 Å². The third-order valence-corrected chi connectivity index (χ3v) is 5.48. The highest BCUT2D eigenvalue weighted by atomic mass is 16.5. The van der Waals surface area contributed by atoms with Gasteiger partial charge in [-0.1, -0.05) is 78.9 Å². The molecule has 0 aliphatic carbocycles. The smallest absolute Gasteiger partial charge is 0.408 e. The predicted molar refractivity (Wildman–Crippen MR) is 129 cm³/mol. The molecule has 0 radical (unpaired) electrons. The molecule has 6 nitrogen and oxygen atoms in total. The SMILES string of the molecule is O=C(NC(Cc1c[nH]c2ccccc12)C(=O)NCCc1ccccc1)OCc1ccccc1. The highest BCUT2D eigenvalue weighted by Crippen LogP contribution is 2.19. The Hall–Kier alpha value is -4.06. The first-order valence-electron chi connectivity index (χ1n) is 11.0. The third-order valence-electron chi connectivity index (χ3n) is 5.48. The van der Waals surface area contributed by atoms with Gasteiger partial charge in [-0.2, -0.15) is 0 Å². The number of ether oxygens (including phenoxy) is 1. The molecular weight excluding hydrogens is 414 g/mol. The van der Waals surface area contributed by atoms with Crippen molar-refractivity contribution in [3.8, 4) is 0 Å². The first-order valence-corrected chi connectivity index (χ1v) is 11.0. The van der Waals surface area contributed by atoms with Gasteiger partial charge in [0.2, 0.25) is 5.91 Å². The monoisotopic (exact) mass is 441 g/mol. The molecule has 33 heavy (non-hydrogen) atoms. The maximum Gasteiger partial charge on any atom is 0.408 e. The highest BCUT2D eigenvalue weighted by Gasteiger charge is 2.23. The Morgan fingerprint density at radius 1 is 0.848 bits per heavy atom. The number of carbonyl (C=O) groups excluding carboxylic acids is 2. The summed E-state index contributed by atoms with van der Waals surface area (Å²) >= 11 is 0. The molecule has 2 amide bonds. The summed E-state index contributed by atoms with van der Waals surface area (Å²) in [6, 6.07) is 26.5. The minimum atomic E-state index is -0.761. The average molecular weight is 442 g/mol. The zero-order chi connectivity index (χ0) is 22.9. The molecule has 0 saturated heterocycles. The molecule has 168 valence electrons. The lowest BCUT2D eigenvalue weighted by Gasteiger charge is -2.18. The lowest BCUT2D eigenvalue weighted by Crippen LogP contribution is -2.48. The maximum absolute atomic E-state index is 13.0. The van der Waals surface area contributed by atoms with Gasteiger partial charge in [-0.15, -0.1) is 0 Å². The van der Waals surface area contributed by atoms with Crippen molar-refractivity contribution in [2.45, 2.75) is 25.5 Å². The number of carbonyl (C=O) groups is 2. The molecule has 6 heteroatoms. The van der Waals surface area contributed by atoms with Crippen LogP contribution >= 0.6 is 0 Å². The van der Waals surface area contributed by atoms with Gasteiger partial charge in [-0.25, -0.2) is 4.79 Å². The largest absolute Gasteiger partial charge is 0.445 e. The van der Waals surface area contributed by atoms with Crippen molar-refractivity contribution in [1.82, 2.24) is 15.6 Å². The molecule has 1 unspecified atom stereocenters. The number of rotatable bonds is 9. The van der Waals surface area contributed by atoms with Gasteiger partial charge in [0.05, 0.1) is 0 Å². The van der Waals surface area contributed by atoms with Crippen LogP contribution < -0.4 is 10.6 Å². The van der Waals surface area contributed by atoms with E-state index in [0.29, 0.717) is 19.4 Å². The Bertz CT molecular complexity index is 1190. The van der Waals surface area contributed by atoms with Crippen LogP contribution in [0.2, 0.25) is 0 Å². The Morgan fingerprint density at radius 2 is 1.52 bits per heavy atom. The van der Waals surface area contributed by atoms with Gasteiger partial charge in [-0.05, 0) is 29.2 Å². The number of benzene rings is 3. The lowest BCUT2D eigenvalue weighted by molar-refractivity contribution is -0.123. The minimum Gasteiger partial charge on any atom is -0.445 e. The van der Waals surface area contributed by atoms with Crippen molar-refractivity contribution < 1.29 is 14.3 Å². The molecular formula is C27H27N3O3. The molecule has 3 aromatic carbocycles. The molecule has 0 saturated carbocycles. The number of hydrogen-bond donors (Lipinski definition) is 3. The van der Waals surface area contributed by atoms with E-state index in [9.17, 15) is 9.59 Å². The molecule has 0 aliphatic heterocycles. The van der Waals surface area contributed by atoms with Crippen LogP contribution in [0.25, 0.3) is 10.9 Å². The second kappa shape index (κ2) is 11.0. The second-order valence-electron chi connectivity index (χ2n) is 7.85. The van der Waals surface area contributed by atoms with Crippen LogP contribution in [0.5, 0.6) is 0 Å². The summed E-state index contributed by atoms with van der Waals surface area (Å²) in [6.45, 7) is 0.621. The quantitative estimate of drug-likeness (QED) is 0.361. The number of H-pyrrole nitrogens is 1. The number of fused-ring (bicyclic) bond motifs is 1. The Balaban J connectivity index is 1.41. The van der Waals surface area contributed by atoms with E-state index in [2.05, 4.69) is 15.6 Å². The van der Waals surface area contributed by atoms with E-state index in [-0.39, 0.29) is 12.5 Å². The van der Waals surface area contributed by atoms with Crippen LogP contribution in [0.15, 0.2) is 91.1 Å². The summed E-state index contributed by atoms with van der Waals surface area (Å²) in [5, 5.41) is 6.73. The molecule has 1 aromatic heterocycles. The fraction of sp³-hybridized carbons (Fsp3) is 0.185. The number of para-hydroxylation sites is 1. The lowest BCUT2D eigenvalue weighted by atomic mass is 10.0. The van der Waals surface area contributed by atoms with E-state index in [1.54, 1.807) is 0 Å². The van der Waals surface area contributed by atoms with E-state index >= 15 is 0 Å². The van der Waals surface area contributed by atoms with Gasteiger partial charge in [0.25, 0.3) is 0 Å². The molecule has 0 spiro atoms. The molecule has 1 heterocycles. The number of alkyl carbamates (subject to hydrolysis) is 1. The molecule has 3 N–H and O–H groups in total. The van der Waals surface area contributed by atoms with Crippen LogP contribution in [-0.2, 0) is 29.0 Å². The van der Waals surface area contributed by atoms with Crippen molar-refractivity contribution >= 4 is 22.9 Å². The van der Waals surface area contributed by atoms with Crippen LogP contribution in [0.1, 0.15) is 16.7 Å². The van der Waals surface area contributed by atoms with Crippen LogP contribution in [0, 0.1) is 0 Å². The summed E-state index contributed by atoms with van der Waals surface area (Å²) in [5.41, 5.74) is 3.97. The van der Waals surface area contributed by atoms with Gasteiger partial charge in [0.1, 0.15) is 12.6 Å². The predicted octanol–water partition coefficient (Wildman–Crippen LogP) is 4.36. The van der Waals surface area contributed by atoms with E-state index < -0.39 is 12.1 Å². The standard InChI is InChI=1S/C27H27N3O3/c31-26(28-16-15-20-9-3-1-4-10-20)25(17-22-18-29-24-14-8-7-13-23(22)24)30-27(32)33-19-21-11-5-2-6-12-21/h1-14,18,25,29H,15-17,19H2,(H,28,31)(H,30,32). The molecule has 0 fully saturated rings. The first kappa shape index (κ1) is 22.1.